The van der Waals surface area contributed by atoms with Crippen LogP contribution in [0.4, 0.5) is 26.2 Å². The van der Waals surface area contributed by atoms with Crippen LogP contribution >= 0.6 is 0 Å². The molecular weight excluding hydrogens is 396 g/mol. The van der Waals surface area contributed by atoms with E-state index in [-0.39, 0.29) is 25.5 Å². The fourth-order valence-electron chi connectivity index (χ4n) is 3.70. The fraction of sp³-hybridized carbons (Fsp3) is 0.368. The number of aryl methyl sites for hydroxylation is 1. The van der Waals surface area contributed by atoms with Crippen LogP contribution in [-0.4, -0.2) is 56.7 Å². The second kappa shape index (κ2) is 6.78. The van der Waals surface area contributed by atoms with Crippen LogP contribution in [0.2, 0.25) is 0 Å². The first-order chi connectivity index (χ1) is 14.4. The third-order valence-corrected chi connectivity index (χ3v) is 5.22. The van der Waals surface area contributed by atoms with E-state index in [1.165, 1.54) is 6.20 Å². The van der Waals surface area contributed by atoms with Crippen molar-refractivity contribution in [2.45, 2.75) is 25.3 Å². The van der Waals surface area contributed by atoms with E-state index in [1.54, 1.807) is 35.2 Å². The van der Waals surface area contributed by atoms with Crippen molar-refractivity contribution in [3.63, 3.8) is 0 Å². The number of pyridine rings is 1. The number of methoxy groups -OCH3 is 1. The van der Waals surface area contributed by atoms with Crippen molar-refractivity contribution in [3.8, 4) is 17.3 Å². The van der Waals surface area contributed by atoms with E-state index in [4.69, 9.17) is 9.47 Å². The Balaban J connectivity index is 1.42. The summed E-state index contributed by atoms with van der Waals surface area (Å²) in [7, 11) is 1.55. The molecule has 1 unspecified atom stereocenters. The third kappa shape index (κ3) is 3.06. The van der Waals surface area contributed by atoms with Crippen molar-refractivity contribution in [1.82, 2.24) is 24.5 Å². The molecule has 0 aliphatic carbocycles. The van der Waals surface area contributed by atoms with Crippen LogP contribution in [0.5, 0.6) is 11.5 Å². The van der Waals surface area contributed by atoms with Gasteiger partial charge < -0.3 is 19.7 Å². The van der Waals surface area contributed by atoms with Crippen LogP contribution in [0.1, 0.15) is 12.1 Å². The van der Waals surface area contributed by atoms with Gasteiger partial charge in [0, 0.05) is 25.2 Å². The Labute approximate surface area is 170 Å². The van der Waals surface area contributed by atoms with Gasteiger partial charge in [-0.1, -0.05) is 0 Å². The number of rotatable bonds is 4. The minimum atomic E-state index is -2.80. The molecule has 0 spiro atoms. The van der Waals surface area contributed by atoms with Crippen LogP contribution in [0.15, 0.2) is 31.0 Å². The number of hydrogen-bond donors (Lipinski definition) is 1. The van der Waals surface area contributed by atoms with Gasteiger partial charge in [0.25, 0.3) is 5.92 Å². The van der Waals surface area contributed by atoms with Crippen LogP contribution in [0.3, 0.4) is 0 Å². The first-order valence-electron chi connectivity index (χ1n) is 9.41. The Morgan fingerprint density at radius 1 is 1.23 bits per heavy atom. The molecule has 0 amide bonds. The predicted octanol–water partition coefficient (Wildman–Crippen LogP) is 2.72. The summed E-state index contributed by atoms with van der Waals surface area (Å²) in [5, 5.41) is 3.05. The molecule has 3 aromatic heterocycles. The number of nitrogens with zero attached hydrogens (tertiary/aromatic N) is 6. The Kier molecular flexibility index (Phi) is 4.19. The van der Waals surface area contributed by atoms with Crippen LogP contribution < -0.4 is 19.7 Å². The summed E-state index contributed by atoms with van der Waals surface area (Å²) in [6, 6.07) is 0.747. The highest BCUT2D eigenvalue weighted by Gasteiger charge is 2.52. The zero-order chi connectivity index (χ0) is 20.9. The molecule has 0 saturated carbocycles. The van der Waals surface area contributed by atoms with Gasteiger partial charge in [-0.2, -0.15) is 4.98 Å². The number of imidazole rings is 1. The molecular formula is C19H19F2N7O2. The van der Waals surface area contributed by atoms with Gasteiger partial charge in [0.05, 0.1) is 30.9 Å². The molecule has 11 heteroatoms. The van der Waals surface area contributed by atoms with Gasteiger partial charge in [-0.15, -0.1) is 0 Å². The molecule has 1 saturated heterocycles. The van der Waals surface area contributed by atoms with Gasteiger partial charge in [0.15, 0.2) is 23.1 Å². The van der Waals surface area contributed by atoms with Crippen molar-refractivity contribution < 1.29 is 18.3 Å². The summed E-state index contributed by atoms with van der Waals surface area (Å²) in [5.41, 5.74) is 1.45. The highest BCUT2D eigenvalue weighted by atomic mass is 19.3. The zero-order valence-corrected chi connectivity index (χ0v) is 16.3. The third-order valence-electron chi connectivity index (χ3n) is 5.22. The number of halogens is 2. The molecule has 0 radical (unpaired) electrons. The number of alkyl halides is 2. The van der Waals surface area contributed by atoms with Gasteiger partial charge in [0.2, 0.25) is 5.95 Å². The Bertz CT molecular complexity index is 1100. The smallest absolute Gasteiger partial charge is 0.273 e. The van der Waals surface area contributed by atoms with E-state index in [9.17, 15) is 8.78 Å². The Hall–Kier alpha value is -3.50. The first kappa shape index (κ1) is 18.5. The van der Waals surface area contributed by atoms with Gasteiger partial charge >= 0.3 is 0 Å². The first-order valence-corrected chi connectivity index (χ1v) is 9.41. The number of ether oxygens (including phenoxy) is 2. The van der Waals surface area contributed by atoms with Crippen molar-refractivity contribution in [1.29, 1.82) is 0 Å². The molecule has 0 aromatic carbocycles. The van der Waals surface area contributed by atoms with Crippen LogP contribution in [0, 0.1) is 6.92 Å². The summed E-state index contributed by atoms with van der Waals surface area (Å²) >= 11 is 0. The predicted molar refractivity (Wildman–Crippen MR) is 104 cm³/mol. The molecule has 2 aliphatic heterocycles. The minimum Gasteiger partial charge on any atom is -0.493 e. The van der Waals surface area contributed by atoms with Crippen LogP contribution in [0.25, 0.3) is 5.82 Å². The van der Waals surface area contributed by atoms with Gasteiger partial charge in [-0.3, -0.25) is 4.57 Å². The second-order valence-corrected chi connectivity index (χ2v) is 7.21. The normalized spacial score (nSPS) is 19.1. The maximum Gasteiger partial charge on any atom is 0.273 e. The molecule has 156 valence electrons. The lowest BCUT2D eigenvalue weighted by molar-refractivity contribution is -0.0213. The largest absolute Gasteiger partial charge is 0.493 e. The van der Waals surface area contributed by atoms with E-state index < -0.39 is 12.0 Å². The number of anilines is 3. The quantitative estimate of drug-likeness (QED) is 0.696. The fourth-order valence-corrected chi connectivity index (χ4v) is 3.70. The lowest BCUT2D eigenvalue weighted by atomic mass is 10.1. The monoisotopic (exact) mass is 415 g/mol. The number of nitrogens with one attached hydrogen (secondary N) is 1. The topological polar surface area (TPSA) is 90.2 Å². The highest BCUT2D eigenvalue weighted by Crippen LogP contribution is 2.43. The molecule has 0 bridgehead atoms. The van der Waals surface area contributed by atoms with E-state index in [2.05, 4.69) is 25.3 Å². The summed E-state index contributed by atoms with van der Waals surface area (Å²) in [6.45, 7) is 2.03. The van der Waals surface area contributed by atoms with Crippen molar-refractivity contribution in [2.24, 2.45) is 0 Å². The van der Waals surface area contributed by atoms with Gasteiger partial charge in [0.1, 0.15) is 19.0 Å². The molecule has 1 atom stereocenters. The zero-order valence-electron chi connectivity index (χ0n) is 16.3. The molecule has 3 aromatic rings. The minimum absolute atomic E-state index is 0.0769. The summed E-state index contributed by atoms with van der Waals surface area (Å²) < 4.78 is 40.8. The SMILES string of the molecule is COc1cc(Nc2ncc3c(n2)N2CCC(F)(F)C2CO3)cnc1-n1cnc(C)c1. The maximum absolute atomic E-state index is 14.1. The number of hydrogen-bond acceptors (Lipinski definition) is 8. The summed E-state index contributed by atoms with van der Waals surface area (Å²) in [4.78, 5) is 18.9. The number of aromatic nitrogens is 5. The van der Waals surface area contributed by atoms with Crippen molar-refractivity contribution >= 4 is 17.5 Å². The molecule has 5 rings (SSSR count). The molecule has 1 fully saturated rings. The maximum atomic E-state index is 14.1. The average molecular weight is 415 g/mol. The summed E-state index contributed by atoms with van der Waals surface area (Å²) in [5.74, 6) is -0.663. The lowest BCUT2D eigenvalue weighted by Crippen LogP contribution is -2.46. The van der Waals surface area contributed by atoms with Gasteiger partial charge in [-0.05, 0) is 6.92 Å². The molecule has 9 nitrogen and oxygen atoms in total. The van der Waals surface area contributed by atoms with Crippen LogP contribution in [-0.2, 0) is 0 Å². The van der Waals surface area contributed by atoms with E-state index in [0.29, 0.717) is 28.8 Å². The Morgan fingerprint density at radius 3 is 2.87 bits per heavy atom. The van der Waals surface area contributed by atoms with Crippen molar-refractivity contribution in [2.75, 3.05) is 30.5 Å². The lowest BCUT2D eigenvalue weighted by Gasteiger charge is -2.33. The second-order valence-electron chi connectivity index (χ2n) is 7.21. The van der Waals surface area contributed by atoms with E-state index in [0.717, 1.165) is 5.69 Å². The highest BCUT2D eigenvalue weighted by molar-refractivity contribution is 5.62. The van der Waals surface area contributed by atoms with Crippen molar-refractivity contribution in [3.05, 3.63) is 36.7 Å². The Morgan fingerprint density at radius 2 is 2.10 bits per heavy atom. The van der Waals surface area contributed by atoms with Gasteiger partial charge in [-0.25, -0.2) is 23.7 Å². The number of fused-ring (bicyclic) bond motifs is 3. The molecule has 1 N–H and O–H groups in total. The standard InChI is InChI=1S/C19H19F2N7O2/c1-11-8-27(10-24-11)16-13(29-2)5-12(6-22-16)25-18-23-7-14-17(26-18)28-4-3-19(20,21)15(28)9-30-14/h5-8,10,15H,3-4,9H2,1-2H3,(H,23,25,26). The average Bonchev–Trinajstić information content (AvgIpc) is 3.30. The molecule has 30 heavy (non-hydrogen) atoms. The van der Waals surface area contributed by atoms with E-state index >= 15 is 0 Å². The molecule has 5 heterocycles. The summed E-state index contributed by atoms with van der Waals surface area (Å²) in [6.07, 6.45) is 6.38. The molecule has 2 aliphatic rings. The van der Waals surface area contributed by atoms with E-state index in [1.807, 2.05) is 13.1 Å².